The molecule has 1 aromatic heterocycles. The van der Waals surface area contributed by atoms with Crippen molar-refractivity contribution in [3.63, 3.8) is 0 Å². The Kier molecular flexibility index (Phi) is 4.15. The summed E-state index contributed by atoms with van der Waals surface area (Å²) in [6.45, 7) is 4.68. The molecular formula is C12H18N2O2S. The van der Waals surface area contributed by atoms with Crippen molar-refractivity contribution < 1.29 is 9.53 Å². The van der Waals surface area contributed by atoms with Gasteiger partial charge in [-0.05, 0) is 23.9 Å². The number of aryl methyl sites for hydroxylation is 1. The molecule has 1 fully saturated rings. The molecule has 1 aromatic rings. The normalized spacial score (nSPS) is 20.2. The van der Waals surface area contributed by atoms with Gasteiger partial charge in [-0.2, -0.15) is 0 Å². The molecule has 1 atom stereocenters. The molecule has 5 heteroatoms. The van der Waals surface area contributed by atoms with Gasteiger partial charge in [-0.15, -0.1) is 11.3 Å². The number of rotatable bonds is 3. The number of carbonyl (C=O) groups is 1. The Bertz CT molecular complexity index is 386. The van der Waals surface area contributed by atoms with Crippen molar-refractivity contribution in [1.29, 1.82) is 0 Å². The summed E-state index contributed by atoms with van der Waals surface area (Å²) in [4.78, 5) is 15.1. The monoisotopic (exact) mass is 254 g/mol. The third kappa shape index (κ3) is 3.06. The molecule has 0 spiro atoms. The van der Waals surface area contributed by atoms with Gasteiger partial charge in [0, 0.05) is 18.5 Å². The maximum Gasteiger partial charge on any atom is 0.242 e. The number of nitrogens with one attached hydrogen (secondary N) is 1. The SMILES string of the molecule is Cc1ccsc1CN(C)C(=O)C1COCCN1. The van der Waals surface area contributed by atoms with Gasteiger partial charge in [-0.25, -0.2) is 0 Å². The third-order valence-corrected chi connectivity index (χ3v) is 3.95. The fourth-order valence-electron chi connectivity index (χ4n) is 1.85. The van der Waals surface area contributed by atoms with E-state index in [1.165, 1.54) is 10.4 Å². The fourth-order valence-corrected chi connectivity index (χ4v) is 2.81. The number of hydrogen-bond acceptors (Lipinski definition) is 4. The molecule has 0 bridgehead atoms. The molecule has 1 aliphatic rings. The predicted octanol–water partition coefficient (Wildman–Crippen LogP) is 1.00. The zero-order valence-corrected chi connectivity index (χ0v) is 11.0. The summed E-state index contributed by atoms with van der Waals surface area (Å²) in [5.41, 5.74) is 1.25. The van der Waals surface area contributed by atoms with Crippen molar-refractivity contribution in [1.82, 2.24) is 10.2 Å². The summed E-state index contributed by atoms with van der Waals surface area (Å²) in [7, 11) is 1.85. The van der Waals surface area contributed by atoms with Crippen LogP contribution in [0.25, 0.3) is 0 Å². The van der Waals surface area contributed by atoms with Gasteiger partial charge in [0.25, 0.3) is 0 Å². The van der Waals surface area contributed by atoms with E-state index in [1.54, 1.807) is 16.2 Å². The second-order valence-electron chi connectivity index (χ2n) is 4.30. The van der Waals surface area contributed by atoms with Crippen LogP contribution in [0.5, 0.6) is 0 Å². The molecule has 0 radical (unpaired) electrons. The van der Waals surface area contributed by atoms with Gasteiger partial charge < -0.3 is 15.0 Å². The van der Waals surface area contributed by atoms with Crippen LogP contribution >= 0.6 is 11.3 Å². The zero-order valence-electron chi connectivity index (χ0n) is 10.2. The van der Waals surface area contributed by atoms with Crippen LogP contribution in [0, 0.1) is 6.92 Å². The second-order valence-corrected chi connectivity index (χ2v) is 5.30. The van der Waals surface area contributed by atoms with Crippen molar-refractivity contribution in [3.05, 3.63) is 21.9 Å². The van der Waals surface area contributed by atoms with Crippen molar-refractivity contribution in [2.45, 2.75) is 19.5 Å². The van der Waals surface area contributed by atoms with Crippen molar-refractivity contribution in [2.75, 3.05) is 26.8 Å². The van der Waals surface area contributed by atoms with Crippen LogP contribution in [0.4, 0.5) is 0 Å². The maximum atomic E-state index is 12.1. The number of amides is 1. The molecular weight excluding hydrogens is 236 g/mol. The molecule has 4 nitrogen and oxygen atoms in total. The highest BCUT2D eigenvalue weighted by atomic mass is 32.1. The number of hydrogen-bond donors (Lipinski definition) is 1. The summed E-state index contributed by atoms with van der Waals surface area (Å²) >= 11 is 1.70. The molecule has 1 N–H and O–H groups in total. The summed E-state index contributed by atoms with van der Waals surface area (Å²) in [6.07, 6.45) is 0. The number of thiophene rings is 1. The molecule has 0 aliphatic carbocycles. The molecule has 2 rings (SSSR count). The highest BCUT2D eigenvalue weighted by Crippen LogP contribution is 2.17. The molecule has 0 saturated carbocycles. The third-order valence-electron chi connectivity index (χ3n) is 2.94. The van der Waals surface area contributed by atoms with Crippen LogP contribution in [0.15, 0.2) is 11.4 Å². The molecule has 1 aliphatic heterocycles. The molecule has 1 saturated heterocycles. The van der Waals surface area contributed by atoms with Crippen LogP contribution in [0.2, 0.25) is 0 Å². The van der Waals surface area contributed by atoms with E-state index in [9.17, 15) is 4.79 Å². The molecule has 0 aromatic carbocycles. The standard InChI is InChI=1S/C12H18N2O2S/c1-9-3-6-17-11(9)7-14(2)12(15)10-8-16-5-4-13-10/h3,6,10,13H,4-5,7-8H2,1-2H3. The van der Waals surface area contributed by atoms with Crippen molar-refractivity contribution >= 4 is 17.2 Å². The van der Waals surface area contributed by atoms with Gasteiger partial charge in [0.2, 0.25) is 5.91 Å². The van der Waals surface area contributed by atoms with Gasteiger partial charge in [-0.3, -0.25) is 4.79 Å². The van der Waals surface area contributed by atoms with Gasteiger partial charge in [0.05, 0.1) is 19.8 Å². The lowest BCUT2D eigenvalue weighted by Crippen LogP contribution is -2.51. The van der Waals surface area contributed by atoms with Crippen molar-refractivity contribution in [2.24, 2.45) is 0 Å². The van der Waals surface area contributed by atoms with Gasteiger partial charge in [0.1, 0.15) is 6.04 Å². The van der Waals surface area contributed by atoms with Gasteiger partial charge in [-0.1, -0.05) is 0 Å². The fraction of sp³-hybridized carbons (Fsp3) is 0.583. The molecule has 17 heavy (non-hydrogen) atoms. The van der Waals surface area contributed by atoms with E-state index in [0.717, 1.165) is 6.54 Å². The Balaban J connectivity index is 1.93. The first kappa shape index (κ1) is 12.5. The van der Waals surface area contributed by atoms with Gasteiger partial charge in [0.15, 0.2) is 0 Å². The summed E-state index contributed by atoms with van der Waals surface area (Å²) in [6, 6.07) is 1.90. The minimum Gasteiger partial charge on any atom is -0.378 e. The zero-order chi connectivity index (χ0) is 12.3. The molecule has 1 amide bonds. The Morgan fingerprint density at radius 1 is 1.71 bits per heavy atom. The largest absolute Gasteiger partial charge is 0.378 e. The first-order valence-electron chi connectivity index (χ1n) is 5.77. The lowest BCUT2D eigenvalue weighted by atomic mass is 10.2. The van der Waals surface area contributed by atoms with Crippen LogP contribution in [0.1, 0.15) is 10.4 Å². The van der Waals surface area contributed by atoms with E-state index in [2.05, 4.69) is 23.7 Å². The average Bonchev–Trinajstić information content (AvgIpc) is 2.75. The summed E-state index contributed by atoms with van der Waals surface area (Å²) in [5, 5.41) is 5.24. The van der Waals surface area contributed by atoms with E-state index in [0.29, 0.717) is 19.8 Å². The minimum atomic E-state index is -0.186. The Morgan fingerprint density at radius 2 is 2.53 bits per heavy atom. The number of nitrogens with zero attached hydrogens (tertiary/aromatic N) is 1. The van der Waals surface area contributed by atoms with Crippen LogP contribution in [-0.2, 0) is 16.1 Å². The quantitative estimate of drug-likeness (QED) is 0.875. The first-order valence-corrected chi connectivity index (χ1v) is 6.65. The van der Waals surface area contributed by atoms with E-state index < -0.39 is 0 Å². The summed E-state index contributed by atoms with van der Waals surface area (Å²) < 4.78 is 5.30. The number of ether oxygens (including phenoxy) is 1. The Labute approximate surface area is 106 Å². The van der Waals surface area contributed by atoms with E-state index in [4.69, 9.17) is 4.74 Å². The van der Waals surface area contributed by atoms with Crippen LogP contribution in [0.3, 0.4) is 0 Å². The topological polar surface area (TPSA) is 41.6 Å². The lowest BCUT2D eigenvalue weighted by Gasteiger charge is -2.27. The molecule has 1 unspecified atom stereocenters. The average molecular weight is 254 g/mol. The molecule has 2 heterocycles. The maximum absolute atomic E-state index is 12.1. The van der Waals surface area contributed by atoms with E-state index in [1.807, 2.05) is 7.05 Å². The molecule has 94 valence electrons. The van der Waals surface area contributed by atoms with E-state index >= 15 is 0 Å². The number of carbonyl (C=O) groups excluding carboxylic acids is 1. The Hall–Kier alpha value is -0.910. The minimum absolute atomic E-state index is 0.109. The van der Waals surface area contributed by atoms with Gasteiger partial charge >= 0.3 is 0 Å². The lowest BCUT2D eigenvalue weighted by molar-refractivity contribution is -0.135. The first-order chi connectivity index (χ1) is 8.18. The number of likely N-dealkylation sites (N-methyl/N-ethyl adjacent to an activating group) is 1. The highest BCUT2D eigenvalue weighted by Gasteiger charge is 2.24. The van der Waals surface area contributed by atoms with Crippen LogP contribution < -0.4 is 5.32 Å². The Morgan fingerprint density at radius 3 is 3.12 bits per heavy atom. The predicted molar refractivity (Wildman–Crippen MR) is 68.1 cm³/mol. The second kappa shape index (κ2) is 5.62. The van der Waals surface area contributed by atoms with Crippen LogP contribution in [-0.4, -0.2) is 43.7 Å². The smallest absolute Gasteiger partial charge is 0.242 e. The number of morpholine rings is 1. The van der Waals surface area contributed by atoms with E-state index in [-0.39, 0.29) is 11.9 Å². The summed E-state index contributed by atoms with van der Waals surface area (Å²) in [5.74, 6) is 0.109. The highest BCUT2D eigenvalue weighted by molar-refractivity contribution is 7.10. The van der Waals surface area contributed by atoms with Crippen molar-refractivity contribution in [3.8, 4) is 0 Å².